The Morgan fingerprint density at radius 2 is 2.21 bits per heavy atom. The van der Waals surface area contributed by atoms with Crippen molar-refractivity contribution in [3.8, 4) is 0 Å². The first kappa shape index (κ1) is 13.8. The Kier molecular flexibility index (Phi) is 4.04. The van der Waals surface area contributed by atoms with Gasteiger partial charge in [0.25, 0.3) is 11.6 Å². The highest BCUT2D eigenvalue weighted by atomic mass is 35.5. The van der Waals surface area contributed by atoms with Gasteiger partial charge < -0.3 is 4.90 Å². The molecular weight excluding hydrogens is 268 g/mol. The van der Waals surface area contributed by atoms with Crippen LogP contribution in [0.15, 0.2) is 18.2 Å². The highest BCUT2D eigenvalue weighted by molar-refractivity contribution is 6.34. The smallest absolute Gasteiger partial charge is 0.270 e. The first-order chi connectivity index (χ1) is 9.04. The summed E-state index contributed by atoms with van der Waals surface area (Å²) in [6, 6.07) is 4.29. The number of benzene rings is 1. The maximum atomic E-state index is 12.4. The fourth-order valence-corrected chi connectivity index (χ4v) is 2.28. The summed E-state index contributed by atoms with van der Waals surface area (Å²) in [6.45, 7) is 2.71. The van der Waals surface area contributed by atoms with Crippen molar-refractivity contribution in [2.45, 2.75) is 32.2 Å². The fourth-order valence-electron chi connectivity index (χ4n) is 2.02. The van der Waals surface area contributed by atoms with Gasteiger partial charge in [-0.1, -0.05) is 18.5 Å². The van der Waals surface area contributed by atoms with Gasteiger partial charge in [-0.05, 0) is 25.3 Å². The maximum absolute atomic E-state index is 12.4. The SMILES string of the molecule is CCCN(C(=O)c1ccc([N+](=O)[O-])cc1Cl)C1CC1. The largest absolute Gasteiger partial charge is 0.336 e. The van der Waals surface area contributed by atoms with Crippen molar-refractivity contribution in [1.82, 2.24) is 4.90 Å². The van der Waals surface area contributed by atoms with Crippen molar-refractivity contribution in [2.75, 3.05) is 6.54 Å². The van der Waals surface area contributed by atoms with Gasteiger partial charge in [0.2, 0.25) is 0 Å². The number of nitro benzene ring substituents is 1. The normalized spacial score (nSPS) is 14.2. The van der Waals surface area contributed by atoms with Crippen LogP contribution in [0.3, 0.4) is 0 Å². The van der Waals surface area contributed by atoms with Crippen LogP contribution in [0, 0.1) is 10.1 Å². The predicted octanol–water partition coefficient (Wildman–Crippen LogP) is 3.26. The standard InChI is InChI=1S/C13H15ClN2O3/c1-2-7-15(9-3-4-9)13(17)11-6-5-10(16(18)19)8-12(11)14/h5-6,8-9H,2-4,7H2,1H3. The molecule has 0 saturated heterocycles. The first-order valence-electron chi connectivity index (χ1n) is 6.29. The molecule has 19 heavy (non-hydrogen) atoms. The third-order valence-corrected chi connectivity index (χ3v) is 3.42. The minimum Gasteiger partial charge on any atom is -0.336 e. The molecule has 1 aromatic carbocycles. The van der Waals surface area contributed by atoms with Gasteiger partial charge in [0, 0.05) is 24.7 Å². The number of non-ortho nitro benzene ring substituents is 1. The summed E-state index contributed by atoms with van der Waals surface area (Å²) in [5, 5.41) is 10.8. The van der Waals surface area contributed by atoms with Gasteiger partial charge in [-0.2, -0.15) is 0 Å². The molecule has 1 aliphatic rings. The fraction of sp³-hybridized carbons (Fsp3) is 0.462. The summed E-state index contributed by atoms with van der Waals surface area (Å²) in [6.07, 6.45) is 2.93. The Hall–Kier alpha value is -1.62. The van der Waals surface area contributed by atoms with E-state index in [4.69, 9.17) is 11.6 Å². The number of nitrogens with zero attached hydrogens (tertiary/aromatic N) is 2. The zero-order chi connectivity index (χ0) is 14.0. The topological polar surface area (TPSA) is 63.5 Å². The van der Waals surface area contributed by atoms with Gasteiger partial charge in [0.1, 0.15) is 0 Å². The molecular formula is C13H15ClN2O3. The number of hydrogen-bond acceptors (Lipinski definition) is 3. The molecule has 0 unspecified atom stereocenters. The molecule has 0 radical (unpaired) electrons. The number of carbonyl (C=O) groups excluding carboxylic acids is 1. The predicted molar refractivity (Wildman–Crippen MR) is 72.5 cm³/mol. The lowest BCUT2D eigenvalue weighted by Gasteiger charge is -2.22. The van der Waals surface area contributed by atoms with E-state index < -0.39 is 4.92 Å². The molecule has 0 N–H and O–H groups in total. The zero-order valence-corrected chi connectivity index (χ0v) is 11.4. The first-order valence-corrected chi connectivity index (χ1v) is 6.67. The van der Waals surface area contributed by atoms with Crippen LogP contribution in [0.5, 0.6) is 0 Å². The molecule has 0 spiro atoms. The minimum absolute atomic E-state index is 0.102. The third kappa shape index (κ3) is 3.04. The van der Waals surface area contributed by atoms with Gasteiger partial charge in [-0.15, -0.1) is 0 Å². The minimum atomic E-state index is -0.523. The van der Waals surface area contributed by atoms with Crippen LogP contribution in [0.2, 0.25) is 5.02 Å². The Balaban J connectivity index is 2.24. The van der Waals surface area contributed by atoms with E-state index in [1.54, 1.807) is 0 Å². The van der Waals surface area contributed by atoms with E-state index in [2.05, 4.69) is 0 Å². The second-order valence-corrected chi connectivity index (χ2v) is 5.06. The van der Waals surface area contributed by atoms with Crippen LogP contribution >= 0.6 is 11.6 Å². The average Bonchev–Trinajstić information content (AvgIpc) is 3.19. The van der Waals surface area contributed by atoms with Crippen LogP contribution < -0.4 is 0 Å². The van der Waals surface area contributed by atoms with Crippen LogP contribution in [0.4, 0.5) is 5.69 Å². The van der Waals surface area contributed by atoms with Crippen molar-refractivity contribution in [2.24, 2.45) is 0 Å². The number of hydrogen-bond donors (Lipinski definition) is 0. The molecule has 102 valence electrons. The number of halogens is 1. The molecule has 6 heteroatoms. The van der Waals surface area contributed by atoms with E-state index in [-0.39, 0.29) is 16.6 Å². The Bertz CT molecular complexity index is 515. The van der Waals surface area contributed by atoms with Crippen molar-refractivity contribution < 1.29 is 9.72 Å². The number of carbonyl (C=O) groups is 1. The molecule has 0 aliphatic heterocycles. The Labute approximate surface area is 116 Å². The zero-order valence-electron chi connectivity index (χ0n) is 10.6. The molecule has 5 nitrogen and oxygen atoms in total. The van der Waals surface area contributed by atoms with Crippen molar-refractivity contribution in [3.63, 3.8) is 0 Å². The highest BCUT2D eigenvalue weighted by Crippen LogP contribution is 2.30. The third-order valence-electron chi connectivity index (χ3n) is 3.11. The lowest BCUT2D eigenvalue weighted by Crippen LogP contribution is -2.33. The summed E-state index contributed by atoms with van der Waals surface area (Å²) >= 11 is 5.99. The molecule has 0 aromatic heterocycles. The van der Waals surface area contributed by atoms with Gasteiger partial charge in [-0.3, -0.25) is 14.9 Å². The second-order valence-electron chi connectivity index (χ2n) is 4.65. The molecule has 1 saturated carbocycles. The molecule has 1 aromatic rings. The van der Waals surface area contributed by atoms with Crippen LogP contribution in [-0.4, -0.2) is 28.3 Å². The second kappa shape index (κ2) is 5.57. The lowest BCUT2D eigenvalue weighted by molar-refractivity contribution is -0.384. The quantitative estimate of drug-likeness (QED) is 0.615. The van der Waals surface area contributed by atoms with Gasteiger partial charge in [-0.25, -0.2) is 0 Å². The van der Waals surface area contributed by atoms with E-state index in [9.17, 15) is 14.9 Å². The van der Waals surface area contributed by atoms with Gasteiger partial charge >= 0.3 is 0 Å². The molecule has 2 rings (SSSR count). The molecule has 0 bridgehead atoms. The number of nitro groups is 1. The van der Waals surface area contributed by atoms with Crippen molar-refractivity contribution in [1.29, 1.82) is 0 Å². The van der Waals surface area contributed by atoms with E-state index >= 15 is 0 Å². The monoisotopic (exact) mass is 282 g/mol. The summed E-state index contributed by atoms with van der Waals surface area (Å²) in [5.74, 6) is -0.135. The molecule has 1 amide bonds. The van der Waals surface area contributed by atoms with Crippen LogP contribution in [0.1, 0.15) is 36.5 Å². The van der Waals surface area contributed by atoms with Gasteiger partial charge in [0.05, 0.1) is 15.5 Å². The molecule has 1 fully saturated rings. The van der Waals surface area contributed by atoms with E-state index in [0.717, 1.165) is 19.3 Å². The van der Waals surface area contributed by atoms with E-state index in [1.165, 1.54) is 18.2 Å². The maximum Gasteiger partial charge on any atom is 0.270 e. The Morgan fingerprint density at radius 1 is 1.53 bits per heavy atom. The summed E-state index contributed by atoms with van der Waals surface area (Å²) < 4.78 is 0. The van der Waals surface area contributed by atoms with Crippen LogP contribution in [-0.2, 0) is 0 Å². The highest BCUT2D eigenvalue weighted by Gasteiger charge is 2.33. The van der Waals surface area contributed by atoms with Crippen molar-refractivity contribution >= 4 is 23.2 Å². The average molecular weight is 283 g/mol. The molecule has 0 heterocycles. The number of amides is 1. The van der Waals surface area contributed by atoms with E-state index in [0.29, 0.717) is 18.2 Å². The Morgan fingerprint density at radius 3 is 2.68 bits per heavy atom. The lowest BCUT2D eigenvalue weighted by atomic mass is 10.1. The van der Waals surface area contributed by atoms with Gasteiger partial charge in [0.15, 0.2) is 0 Å². The number of rotatable bonds is 5. The summed E-state index contributed by atoms with van der Waals surface area (Å²) in [5.41, 5.74) is 0.239. The van der Waals surface area contributed by atoms with E-state index in [1.807, 2.05) is 11.8 Å². The summed E-state index contributed by atoms with van der Waals surface area (Å²) in [4.78, 5) is 24.3. The van der Waals surface area contributed by atoms with Crippen LogP contribution in [0.25, 0.3) is 0 Å². The molecule has 0 atom stereocenters. The summed E-state index contributed by atoms with van der Waals surface area (Å²) in [7, 11) is 0. The van der Waals surface area contributed by atoms with Crippen molar-refractivity contribution in [3.05, 3.63) is 38.9 Å². The molecule has 1 aliphatic carbocycles.